The maximum Gasteiger partial charge on any atom is 0.326 e. The number of hydrogen-bond acceptors (Lipinski definition) is 8. The first-order chi connectivity index (χ1) is 14.0. The summed E-state index contributed by atoms with van der Waals surface area (Å²) in [4.78, 5) is 34.9. The fourth-order valence-corrected chi connectivity index (χ4v) is 3.61. The van der Waals surface area contributed by atoms with Gasteiger partial charge in [0.25, 0.3) is 5.91 Å². The maximum atomic E-state index is 11.9. The Morgan fingerprint density at radius 1 is 1.17 bits per heavy atom. The summed E-state index contributed by atoms with van der Waals surface area (Å²) in [7, 11) is 0. The smallest absolute Gasteiger partial charge is 0.326 e. The van der Waals surface area contributed by atoms with E-state index in [0.717, 1.165) is 12.8 Å². The van der Waals surface area contributed by atoms with Crippen LogP contribution in [0, 0.1) is 0 Å². The molecular weight excluding hydrogens is 376 g/mol. The molecule has 152 valence electrons. The van der Waals surface area contributed by atoms with Gasteiger partial charge in [-0.1, -0.05) is 0 Å². The van der Waals surface area contributed by atoms with Crippen LogP contribution in [0.4, 0.5) is 16.7 Å². The topological polar surface area (TPSA) is 126 Å². The Labute approximate surface area is 166 Å². The summed E-state index contributed by atoms with van der Waals surface area (Å²) in [6.45, 7) is 5.43. The van der Waals surface area contributed by atoms with E-state index in [4.69, 9.17) is 14.7 Å². The van der Waals surface area contributed by atoms with Crippen LogP contribution in [0.3, 0.4) is 0 Å². The number of rotatable bonds is 4. The number of carbonyl (C=O) groups excluding carboxylic acids is 2. The lowest BCUT2D eigenvalue weighted by Crippen LogP contribution is -2.46. The summed E-state index contributed by atoms with van der Waals surface area (Å²) in [5.41, 5.74) is 1.34. The molecule has 5 rings (SSSR count). The van der Waals surface area contributed by atoms with Crippen LogP contribution in [-0.2, 0) is 9.53 Å². The maximum absolute atomic E-state index is 11.9. The molecule has 0 spiro atoms. The van der Waals surface area contributed by atoms with E-state index < -0.39 is 11.9 Å². The Hall–Kier alpha value is -3.21. The zero-order valence-corrected chi connectivity index (χ0v) is 16.2. The highest BCUT2D eigenvalue weighted by Gasteiger charge is 2.28. The molecule has 2 aliphatic heterocycles. The summed E-state index contributed by atoms with van der Waals surface area (Å²) >= 11 is 0. The van der Waals surface area contributed by atoms with Crippen LogP contribution in [0.5, 0.6) is 0 Å². The van der Waals surface area contributed by atoms with Gasteiger partial charge in [0.15, 0.2) is 5.65 Å². The molecule has 2 atom stereocenters. The molecule has 11 nitrogen and oxygen atoms in total. The van der Waals surface area contributed by atoms with E-state index in [2.05, 4.69) is 25.9 Å². The average Bonchev–Trinajstić information content (AvgIpc) is 3.29. The third-order valence-electron chi connectivity index (χ3n) is 5.02. The lowest BCUT2D eigenvalue weighted by molar-refractivity contribution is -0.115. The quantitative estimate of drug-likeness (QED) is 0.502. The molecule has 2 aromatic rings. The Morgan fingerprint density at radius 3 is 2.59 bits per heavy atom. The summed E-state index contributed by atoms with van der Waals surface area (Å²) in [5.74, 6) is 0.724. The summed E-state index contributed by atoms with van der Waals surface area (Å²) in [6.07, 6.45) is 5.52. The second-order valence-electron chi connectivity index (χ2n) is 7.73. The number of nitrogens with one attached hydrogen (secondary N) is 3. The van der Waals surface area contributed by atoms with Crippen LogP contribution in [0.2, 0.25) is 0 Å². The van der Waals surface area contributed by atoms with E-state index in [1.807, 2.05) is 13.8 Å². The van der Waals surface area contributed by atoms with Crippen molar-refractivity contribution in [1.29, 1.82) is 0 Å². The lowest BCUT2D eigenvalue weighted by atomic mass is 10.2. The van der Waals surface area contributed by atoms with E-state index in [0.29, 0.717) is 42.2 Å². The molecule has 3 aliphatic rings. The average molecular weight is 398 g/mol. The monoisotopic (exact) mass is 398 g/mol. The van der Waals surface area contributed by atoms with Crippen molar-refractivity contribution in [3.63, 3.8) is 0 Å². The summed E-state index contributed by atoms with van der Waals surface area (Å²) in [6, 6.07) is -0.158. The van der Waals surface area contributed by atoms with Crippen molar-refractivity contribution in [1.82, 2.24) is 30.2 Å². The van der Waals surface area contributed by atoms with Gasteiger partial charge in [0, 0.05) is 24.7 Å². The van der Waals surface area contributed by atoms with Gasteiger partial charge in [-0.3, -0.25) is 10.1 Å². The molecule has 3 N–H and O–H groups in total. The second-order valence-corrected chi connectivity index (χ2v) is 7.73. The number of amides is 3. The number of imide groups is 1. The minimum absolute atomic E-state index is 0.0716. The fraction of sp³-hybridized carbons (Fsp3) is 0.500. The molecule has 0 bridgehead atoms. The van der Waals surface area contributed by atoms with Gasteiger partial charge in [0.1, 0.15) is 5.70 Å². The van der Waals surface area contributed by atoms with Crippen molar-refractivity contribution in [2.75, 3.05) is 23.3 Å². The first kappa shape index (κ1) is 17.9. The van der Waals surface area contributed by atoms with Gasteiger partial charge in [-0.2, -0.15) is 19.6 Å². The highest BCUT2D eigenvalue weighted by atomic mass is 16.5. The minimum atomic E-state index is -0.541. The molecule has 3 amide bonds. The largest absolute Gasteiger partial charge is 0.372 e. The number of fused-ring (bicyclic) bond motifs is 1. The molecule has 2 aromatic heterocycles. The standard InChI is InChI=1S/C18H22N8O3/c1-9-7-25(8-10(2)29-9)16-22-14-11(5-13-15(27)23-18(28)21-13)6-19-26(14)17(24-16)20-12-3-4-12/h5-6,9-10,12H,3-4,7-8H2,1-2H3,(H,20,22,24)(H2,21,23,27,28)/b13-5-. The zero-order chi connectivity index (χ0) is 20.1. The summed E-state index contributed by atoms with van der Waals surface area (Å²) in [5, 5.41) is 12.5. The van der Waals surface area contributed by atoms with E-state index in [9.17, 15) is 9.59 Å². The van der Waals surface area contributed by atoms with Gasteiger partial charge in [-0.15, -0.1) is 0 Å². The second kappa shape index (κ2) is 6.69. The first-order valence-corrected chi connectivity index (χ1v) is 9.73. The van der Waals surface area contributed by atoms with Crippen LogP contribution in [0.15, 0.2) is 11.9 Å². The van der Waals surface area contributed by atoms with Gasteiger partial charge in [-0.25, -0.2) is 4.79 Å². The third kappa shape index (κ3) is 3.48. The van der Waals surface area contributed by atoms with Crippen molar-refractivity contribution >= 4 is 35.6 Å². The SMILES string of the molecule is CC1CN(c2nc(NC3CC3)n3ncc(/C=C4\NC(=O)NC4=O)c3n2)CC(C)O1. The molecule has 0 aromatic carbocycles. The van der Waals surface area contributed by atoms with Crippen LogP contribution in [0.1, 0.15) is 32.3 Å². The Balaban J connectivity index is 1.58. The van der Waals surface area contributed by atoms with Crippen molar-refractivity contribution in [3.05, 3.63) is 17.5 Å². The van der Waals surface area contributed by atoms with Crippen molar-refractivity contribution in [3.8, 4) is 0 Å². The zero-order valence-electron chi connectivity index (χ0n) is 16.2. The van der Waals surface area contributed by atoms with Gasteiger partial charge in [-0.05, 0) is 32.8 Å². The number of hydrogen-bond donors (Lipinski definition) is 3. The number of urea groups is 1. The molecule has 0 radical (unpaired) electrons. The summed E-state index contributed by atoms with van der Waals surface area (Å²) < 4.78 is 7.46. The van der Waals surface area contributed by atoms with Crippen molar-refractivity contribution in [2.24, 2.45) is 0 Å². The number of nitrogens with zero attached hydrogens (tertiary/aromatic N) is 5. The van der Waals surface area contributed by atoms with Gasteiger partial charge >= 0.3 is 6.03 Å². The third-order valence-corrected chi connectivity index (χ3v) is 5.02. The molecule has 11 heteroatoms. The highest BCUT2D eigenvalue weighted by molar-refractivity contribution is 6.14. The number of anilines is 2. The van der Waals surface area contributed by atoms with Gasteiger partial charge in [0.2, 0.25) is 11.9 Å². The van der Waals surface area contributed by atoms with E-state index in [1.54, 1.807) is 16.8 Å². The molecule has 2 unspecified atom stereocenters. The van der Waals surface area contributed by atoms with Gasteiger partial charge in [0.05, 0.1) is 18.4 Å². The number of ether oxygens (including phenoxy) is 1. The fourth-order valence-electron chi connectivity index (χ4n) is 3.61. The molecule has 4 heterocycles. The van der Waals surface area contributed by atoms with E-state index in [1.165, 1.54) is 0 Å². The number of carbonyl (C=O) groups is 2. The van der Waals surface area contributed by atoms with Crippen molar-refractivity contribution in [2.45, 2.75) is 44.9 Å². The number of morpholine rings is 1. The Morgan fingerprint density at radius 2 is 1.93 bits per heavy atom. The molecule has 1 saturated carbocycles. The Bertz CT molecular complexity index is 1020. The van der Waals surface area contributed by atoms with Crippen LogP contribution < -0.4 is 20.9 Å². The number of aromatic nitrogens is 4. The highest BCUT2D eigenvalue weighted by Crippen LogP contribution is 2.27. The first-order valence-electron chi connectivity index (χ1n) is 9.73. The van der Waals surface area contributed by atoms with Crippen LogP contribution >= 0.6 is 0 Å². The van der Waals surface area contributed by atoms with Crippen molar-refractivity contribution < 1.29 is 14.3 Å². The molecule has 3 fully saturated rings. The normalized spacial score (nSPS) is 26.1. The van der Waals surface area contributed by atoms with Crippen LogP contribution in [0.25, 0.3) is 11.7 Å². The van der Waals surface area contributed by atoms with E-state index in [-0.39, 0.29) is 17.9 Å². The Kier molecular flexibility index (Phi) is 4.12. The molecule has 1 aliphatic carbocycles. The van der Waals surface area contributed by atoms with Gasteiger partial charge < -0.3 is 20.3 Å². The lowest BCUT2D eigenvalue weighted by Gasteiger charge is -2.35. The van der Waals surface area contributed by atoms with E-state index >= 15 is 0 Å². The minimum Gasteiger partial charge on any atom is -0.372 e. The predicted octanol–water partition coefficient (Wildman–Crippen LogP) is 0.493. The molecular formula is C18H22N8O3. The molecule has 2 saturated heterocycles. The predicted molar refractivity (Wildman–Crippen MR) is 104 cm³/mol. The van der Waals surface area contributed by atoms with Crippen LogP contribution in [-0.4, -0.2) is 62.9 Å². The molecule has 29 heavy (non-hydrogen) atoms.